The number of nitrogens with zero attached hydrogens (tertiary/aromatic N) is 4. The quantitative estimate of drug-likeness (QED) is 0.580. The van der Waals surface area contributed by atoms with Crippen molar-refractivity contribution < 1.29 is 9.21 Å². The van der Waals surface area contributed by atoms with Crippen molar-refractivity contribution in [3.8, 4) is 0 Å². The fourth-order valence-corrected chi connectivity index (χ4v) is 3.61. The van der Waals surface area contributed by atoms with E-state index in [0.29, 0.717) is 0 Å². The van der Waals surface area contributed by atoms with Crippen molar-refractivity contribution in [2.45, 2.75) is 41.2 Å². The molecule has 3 heterocycles. The normalized spacial score (nSPS) is 11.6. The van der Waals surface area contributed by atoms with Crippen molar-refractivity contribution in [3.05, 3.63) is 48.8 Å². The van der Waals surface area contributed by atoms with Gasteiger partial charge in [0.05, 0.1) is 5.56 Å². The minimum absolute atomic E-state index is 0.00904. The van der Waals surface area contributed by atoms with E-state index in [1.54, 1.807) is 6.92 Å². The average molecular weight is 444 g/mol. The monoisotopic (exact) mass is 444 g/mol. The Kier molecular flexibility index (Phi) is 6.11. The summed E-state index contributed by atoms with van der Waals surface area (Å²) in [5.74, 6) is -0.537. The van der Waals surface area contributed by atoms with Gasteiger partial charge in [-0.1, -0.05) is 27.7 Å². The van der Waals surface area contributed by atoms with E-state index >= 15 is 0 Å². The molecule has 0 aromatic carbocycles. The lowest BCUT2D eigenvalue weighted by Gasteiger charge is -2.26. The van der Waals surface area contributed by atoms with Crippen LogP contribution in [-0.2, 0) is 13.6 Å². The van der Waals surface area contributed by atoms with E-state index in [2.05, 4.69) is 9.97 Å². The molecule has 0 radical (unpaired) electrons. The highest BCUT2D eigenvalue weighted by molar-refractivity contribution is 6.14. The molecule has 0 aliphatic heterocycles. The third-order valence-electron chi connectivity index (χ3n) is 4.99. The predicted octanol–water partition coefficient (Wildman–Crippen LogP) is 1.23. The van der Waals surface area contributed by atoms with E-state index in [-0.39, 0.29) is 58.9 Å². The molecule has 11 heteroatoms. The number of nitrogens with one attached hydrogen (secondary N) is 1. The third kappa shape index (κ3) is 3.97. The van der Waals surface area contributed by atoms with Gasteiger partial charge >= 0.3 is 5.69 Å². The fraction of sp³-hybridized carbons (Fsp3) is 0.476. The smallest absolute Gasteiger partial charge is 0.330 e. The lowest BCUT2D eigenvalue weighted by Crippen LogP contribution is -2.43. The summed E-state index contributed by atoms with van der Waals surface area (Å²) in [5.41, 5.74) is 4.27. The van der Waals surface area contributed by atoms with Crippen LogP contribution in [-0.4, -0.2) is 31.6 Å². The topological polar surface area (TPSA) is 149 Å². The molecular formula is C21H28N6O5. The minimum Gasteiger partial charge on any atom is -0.442 e. The Morgan fingerprint density at radius 3 is 2.47 bits per heavy atom. The molecule has 1 amide bonds. The second-order valence-electron chi connectivity index (χ2n) is 8.68. The first-order chi connectivity index (χ1) is 14.9. The zero-order chi connectivity index (χ0) is 23.9. The zero-order valence-electron chi connectivity index (χ0n) is 19.1. The first-order valence-corrected chi connectivity index (χ1v) is 10.3. The highest BCUT2D eigenvalue weighted by Gasteiger charge is 2.31. The number of aromatic amines is 1. The number of aryl methyl sites for hydroxylation is 2. The molecule has 0 aliphatic carbocycles. The first-order valence-electron chi connectivity index (χ1n) is 10.3. The van der Waals surface area contributed by atoms with Gasteiger partial charge in [-0.05, 0) is 18.8 Å². The number of nitrogens with two attached hydrogens (primary N) is 1. The van der Waals surface area contributed by atoms with E-state index in [0.717, 1.165) is 0 Å². The molecule has 0 fully saturated rings. The number of furan rings is 1. The number of anilines is 2. The largest absolute Gasteiger partial charge is 0.442 e. The van der Waals surface area contributed by atoms with Crippen molar-refractivity contribution >= 4 is 28.5 Å². The molecule has 172 valence electrons. The molecule has 32 heavy (non-hydrogen) atoms. The minimum atomic E-state index is -0.780. The number of hydrogen-bond donors (Lipinski definition) is 2. The summed E-state index contributed by atoms with van der Waals surface area (Å²) < 4.78 is 8.04. The molecule has 0 atom stereocenters. The van der Waals surface area contributed by atoms with Gasteiger partial charge in [0.2, 0.25) is 5.71 Å². The van der Waals surface area contributed by atoms with E-state index in [9.17, 15) is 19.2 Å². The van der Waals surface area contributed by atoms with Crippen LogP contribution < -0.4 is 27.4 Å². The van der Waals surface area contributed by atoms with Gasteiger partial charge in [-0.15, -0.1) is 0 Å². The van der Waals surface area contributed by atoms with Crippen LogP contribution in [0.4, 0.5) is 11.5 Å². The Morgan fingerprint density at radius 1 is 1.22 bits per heavy atom. The summed E-state index contributed by atoms with van der Waals surface area (Å²) in [6.45, 7) is 9.48. The fourth-order valence-electron chi connectivity index (χ4n) is 3.61. The third-order valence-corrected chi connectivity index (χ3v) is 4.99. The summed E-state index contributed by atoms with van der Waals surface area (Å²) >= 11 is 0. The molecule has 3 aromatic rings. The molecule has 0 saturated carbocycles. The molecule has 3 N–H and O–H groups in total. The van der Waals surface area contributed by atoms with Gasteiger partial charge in [-0.2, -0.15) is 0 Å². The van der Waals surface area contributed by atoms with Crippen molar-refractivity contribution in [2.75, 3.05) is 17.2 Å². The van der Waals surface area contributed by atoms with E-state index in [1.165, 1.54) is 27.4 Å². The molecule has 0 aliphatic rings. The standard InChI is InChI=1S/C21H28N6O5/c1-10(2)7-26(15-16(22)27(8-11(3)4)21(31)24-17(15)28)20(30)13-12(5)32-18-14(13)19(29)25(6)9-23-18/h9-11H,7-8,22H2,1-6H3,(H,24,28,31). The van der Waals surface area contributed by atoms with Gasteiger partial charge in [0.15, 0.2) is 5.69 Å². The zero-order valence-corrected chi connectivity index (χ0v) is 19.1. The Hall–Kier alpha value is -3.63. The van der Waals surface area contributed by atoms with Crippen LogP contribution in [0.25, 0.3) is 11.1 Å². The molecule has 0 bridgehead atoms. The number of H-pyrrole nitrogens is 1. The van der Waals surface area contributed by atoms with Crippen LogP contribution >= 0.6 is 0 Å². The Balaban J connectivity index is 2.30. The Bertz CT molecular complexity index is 1360. The van der Waals surface area contributed by atoms with Gasteiger partial charge < -0.3 is 19.6 Å². The number of carbonyl (C=O) groups is 1. The predicted molar refractivity (Wildman–Crippen MR) is 121 cm³/mol. The summed E-state index contributed by atoms with van der Waals surface area (Å²) in [4.78, 5) is 59.2. The Labute approximate surface area is 183 Å². The summed E-state index contributed by atoms with van der Waals surface area (Å²) in [6, 6.07) is 0. The van der Waals surface area contributed by atoms with Crippen molar-refractivity contribution in [2.24, 2.45) is 18.9 Å². The molecule has 0 unspecified atom stereocenters. The number of hydrogen-bond acceptors (Lipinski definition) is 7. The molecular weight excluding hydrogens is 416 g/mol. The average Bonchev–Trinajstić information content (AvgIpc) is 3.03. The Morgan fingerprint density at radius 2 is 1.88 bits per heavy atom. The molecule has 3 rings (SSSR count). The summed E-state index contributed by atoms with van der Waals surface area (Å²) in [6.07, 6.45) is 1.30. The van der Waals surface area contributed by atoms with Gasteiger partial charge in [0.1, 0.15) is 23.3 Å². The van der Waals surface area contributed by atoms with Gasteiger partial charge in [-0.25, -0.2) is 9.78 Å². The maximum Gasteiger partial charge on any atom is 0.330 e. The van der Waals surface area contributed by atoms with Crippen molar-refractivity contribution in [1.29, 1.82) is 0 Å². The second-order valence-corrected chi connectivity index (χ2v) is 8.68. The lowest BCUT2D eigenvalue weighted by molar-refractivity contribution is 0.0983. The van der Waals surface area contributed by atoms with E-state index in [1.807, 2.05) is 27.7 Å². The van der Waals surface area contributed by atoms with Crippen LogP contribution in [0.2, 0.25) is 0 Å². The molecule has 11 nitrogen and oxygen atoms in total. The number of amides is 1. The van der Waals surface area contributed by atoms with Crippen LogP contribution in [0.1, 0.15) is 43.8 Å². The second kappa shape index (κ2) is 8.48. The highest BCUT2D eigenvalue weighted by atomic mass is 16.3. The van der Waals surface area contributed by atoms with E-state index < -0.39 is 22.7 Å². The summed E-state index contributed by atoms with van der Waals surface area (Å²) in [5, 5.41) is 0.0248. The number of aromatic nitrogens is 4. The molecule has 0 spiro atoms. The van der Waals surface area contributed by atoms with Crippen molar-refractivity contribution in [1.82, 2.24) is 19.1 Å². The SMILES string of the molecule is Cc1oc2ncn(C)c(=O)c2c1C(=O)N(CC(C)C)c1c(N)n(CC(C)C)c(=O)[nH]c1=O. The number of nitrogen functional groups attached to an aromatic ring is 1. The van der Waals surface area contributed by atoms with Gasteiger partial charge in [0.25, 0.3) is 17.0 Å². The number of fused-ring (bicyclic) bond motifs is 1. The maximum atomic E-state index is 13.8. The van der Waals surface area contributed by atoms with Crippen LogP contribution in [0, 0.1) is 18.8 Å². The number of carbonyl (C=O) groups excluding carboxylic acids is 1. The summed E-state index contributed by atoms with van der Waals surface area (Å²) in [7, 11) is 1.52. The van der Waals surface area contributed by atoms with Crippen LogP contribution in [0.5, 0.6) is 0 Å². The number of rotatable bonds is 6. The maximum absolute atomic E-state index is 13.8. The molecule has 3 aromatic heterocycles. The lowest BCUT2D eigenvalue weighted by atomic mass is 10.1. The first kappa shape index (κ1) is 23.0. The van der Waals surface area contributed by atoms with Crippen LogP contribution in [0.15, 0.2) is 25.1 Å². The molecule has 0 saturated heterocycles. The van der Waals surface area contributed by atoms with Gasteiger partial charge in [0, 0.05) is 20.1 Å². The van der Waals surface area contributed by atoms with Crippen LogP contribution in [0.3, 0.4) is 0 Å². The van der Waals surface area contributed by atoms with Gasteiger partial charge in [-0.3, -0.25) is 23.9 Å². The van der Waals surface area contributed by atoms with E-state index in [4.69, 9.17) is 10.2 Å². The highest BCUT2D eigenvalue weighted by Crippen LogP contribution is 2.27. The van der Waals surface area contributed by atoms with Crippen molar-refractivity contribution in [3.63, 3.8) is 0 Å².